The molecule has 2 saturated carbocycles. The molecule has 114 valence electrons. The van der Waals surface area contributed by atoms with Gasteiger partial charge < -0.3 is 4.90 Å². The molecule has 21 heavy (non-hydrogen) atoms. The highest BCUT2D eigenvalue weighted by molar-refractivity contribution is 7.09. The van der Waals surface area contributed by atoms with E-state index >= 15 is 0 Å². The van der Waals surface area contributed by atoms with Crippen LogP contribution in [0.4, 0.5) is 0 Å². The normalized spacial score (nSPS) is 26.3. The van der Waals surface area contributed by atoms with Crippen LogP contribution in [0.25, 0.3) is 0 Å². The lowest BCUT2D eigenvalue weighted by Gasteiger charge is -2.35. The molecule has 1 aliphatic heterocycles. The minimum absolute atomic E-state index is 0.255. The van der Waals surface area contributed by atoms with E-state index in [2.05, 4.69) is 9.88 Å². The van der Waals surface area contributed by atoms with Gasteiger partial charge in [0.15, 0.2) is 0 Å². The van der Waals surface area contributed by atoms with E-state index in [1.165, 1.54) is 32.1 Å². The molecular weight excluding hydrogens is 280 g/mol. The van der Waals surface area contributed by atoms with E-state index < -0.39 is 0 Å². The summed E-state index contributed by atoms with van der Waals surface area (Å²) in [7, 11) is 0. The number of aromatic nitrogens is 1. The standard InChI is InChI=1S/C17H24N2OS/c20-16(11-14(12-4-5-12)13-6-7-13)19-9-2-1-3-15(19)17-18-8-10-21-17/h8,10,12-15H,1-7,9,11H2/t15-/m1/s1. The number of piperidine rings is 1. The third-order valence-corrected chi connectivity index (χ3v) is 6.30. The van der Waals surface area contributed by atoms with Gasteiger partial charge in [0.05, 0.1) is 6.04 Å². The molecule has 1 atom stereocenters. The molecule has 1 saturated heterocycles. The van der Waals surface area contributed by atoms with E-state index in [0.717, 1.165) is 42.7 Å². The van der Waals surface area contributed by atoms with Gasteiger partial charge in [-0.25, -0.2) is 4.98 Å². The van der Waals surface area contributed by atoms with Crippen LogP contribution >= 0.6 is 11.3 Å². The van der Waals surface area contributed by atoms with Crippen molar-refractivity contribution in [3.05, 3.63) is 16.6 Å². The van der Waals surface area contributed by atoms with Crippen LogP contribution in [-0.2, 0) is 4.79 Å². The molecule has 0 N–H and O–H groups in total. The fourth-order valence-electron chi connectivity index (χ4n) is 3.97. The quantitative estimate of drug-likeness (QED) is 0.823. The summed E-state index contributed by atoms with van der Waals surface area (Å²) in [5, 5.41) is 3.17. The van der Waals surface area contributed by atoms with Crippen molar-refractivity contribution >= 4 is 17.2 Å². The molecule has 3 nitrogen and oxygen atoms in total. The van der Waals surface area contributed by atoms with E-state index in [1.54, 1.807) is 11.3 Å². The molecule has 4 heteroatoms. The molecule has 0 unspecified atom stereocenters. The van der Waals surface area contributed by atoms with Gasteiger partial charge in [-0.05, 0) is 62.7 Å². The number of nitrogens with zero attached hydrogens (tertiary/aromatic N) is 2. The van der Waals surface area contributed by atoms with Crippen molar-refractivity contribution in [1.82, 2.24) is 9.88 Å². The fraction of sp³-hybridized carbons (Fsp3) is 0.765. The molecule has 0 spiro atoms. The zero-order valence-electron chi connectivity index (χ0n) is 12.5. The monoisotopic (exact) mass is 304 g/mol. The van der Waals surface area contributed by atoms with Gasteiger partial charge in [0.25, 0.3) is 0 Å². The van der Waals surface area contributed by atoms with Crippen LogP contribution in [0.3, 0.4) is 0 Å². The van der Waals surface area contributed by atoms with E-state index in [9.17, 15) is 4.79 Å². The first-order chi connectivity index (χ1) is 10.3. The summed E-state index contributed by atoms with van der Waals surface area (Å²) in [6, 6.07) is 0.255. The van der Waals surface area contributed by atoms with E-state index in [4.69, 9.17) is 0 Å². The van der Waals surface area contributed by atoms with Crippen molar-refractivity contribution in [2.24, 2.45) is 17.8 Å². The van der Waals surface area contributed by atoms with Crippen LogP contribution in [0.15, 0.2) is 11.6 Å². The Hall–Kier alpha value is -0.900. The van der Waals surface area contributed by atoms with Crippen LogP contribution in [0.5, 0.6) is 0 Å². The molecule has 1 aromatic heterocycles. The molecule has 1 aromatic rings. The van der Waals surface area contributed by atoms with Crippen LogP contribution < -0.4 is 0 Å². The first-order valence-corrected chi connectivity index (χ1v) is 9.40. The minimum Gasteiger partial charge on any atom is -0.333 e. The van der Waals surface area contributed by atoms with Gasteiger partial charge in [-0.1, -0.05) is 0 Å². The van der Waals surface area contributed by atoms with Crippen molar-refractivity contribution in [2.45, 2.75) is 57.4 Å². The number of rotatable bonds is 5. The van der Waals surface area contributed by atoms with Gasteiger partial charge >= 0.3 is 0 Å². The van der Waals surface area contributed by atoms with Crippen molar-refractivity contribution in [3.8, 4) is 0 Å². The summed E-state index contributed by atoms with van der Waals surface area (Å²) in [6.45, 7) is 0.936. The third-order valence-electron chi connectivity index (χ3n) is 5.42. The molecule has 0 radical (unpaired) electrons. The zero-order chi connectivity index (χ0) is 14.2. The lowest BCUT2D eigenvalue weighted by atomic mass is 9.92. The Morgan fingerprint density at radius 1 is 1.24 bits per heavy atom. The third kappa shape index (κ3) is 3.01. The first-order valence-electron chi connectivity index (χ1n) is 8.52. The molecule has 3 aliphatic rings. The SMILES string of the molecule is O=C(CC(C1CC1)C1CC1)N1CCCC[C@@H]1c1nccs1. The van der Waals surface area contributed by atoms with E-state index in [0.29, 0.717) is 11.8 Å². The minimum atomic E-state index is 0.255. The maximum Gasteiger partial charge on any atom is 0.223 e. The Morgan fingerprint density at radius 3 is 2.62 bits per heavy atom. The van der Waals surface area contributed by atoms with Crippen molar-refractivity contribution in [3.63, 3.8) is 0 Å². The Morgan fingerprint density at radius 2 is 2.00 bits per heavy atom. The fourth-order valence-corrected chi connectivity index (χ4v) is 4.76. The topological polar surface area (TPSA) is 33.2 Å². The maximum atomic E-state index is 12.9. The number of carbonyl (C=O) groups excluding carboxylic acids is 1. The lowest BCUT2D eigenvalue weighted by molar-refractivity contribution is -0.136. The predicted molar refractivity (Wildman–Crippen MR) is 84.0 cm³/mol. The Labute approximate surface area is 130 Å². The van der Waals surface area contributed by atoms with Crippen LogP contribution in [-0.4, -0.2) is 22.3 Å². The number of amides is 1. The second-order valence-corrected chi connectivity index (χ2v) is 7.94. The highest BCUT2D eigenvalue weighted by atomic mass is 32.1. The number of carbonyl (C=O) groups is 1. The molecule has 3 fully saturated rings. The number of thiazole rings is 1. The second kappa shape index (κ2) is 5.71. The number of hydrogen-bond donors (Lipinski definition) is 0. The van der Waals surface area contributed by atoms with Crippen molar-refractivity contribution in [1.29, 1.82) is 0 Å². The van der Waals surface area contributed by atoms with Gasteiger partial charge in [-0.2, -0.15) is 0 Å². The summed E-state index contributed by atoms with van der Waals surface area (Å²) >= 11 is 1.70. The maximum absolute atomic E-state index is 12.9. The lowest BCUT2D eigenvalue weighted by Crippen LogP contribution is -2.39. The molecule has 4 rings (SSSR count). The smallest absolute Gasteiger partial charge is 0.223 e. The summed E-state index contributed by atoms with van der Waals surface area (Å²) in [6.07, 6.45) is 11.6. The second-order valence-electron chi connectivity index (χ2n) is 7.01. The molecule has 1 amide bonds. The largest absolute Gasteiger partial charge is 0.333 e. The molecule has 0 bridgehead atoms. The highest BCUT2D eigenvalue weighted by Gasteiger charge is 2.43. The predicted octanol–water partition coefficient (Wildman–Crippen LogP) is 4.02. The zero-order valence-corrected chi connectivity index (χ0v) is 13.4. The highest BCUT2D eigenvalue weighted by Crippen LogP contribution is 2.51. The van der Waals surface area contributed by atoms with E-state index in [-0.39, 0.29) is 6.04 Å². The summed E-state index contributed by atoms with van der Waals surface area (Å²) in [4.78, 5) is 19.5. The van der Waals surface area contributed by atoms with Gasteiger partial charge in [-0.3, -0.25) is 4.79 Å². The van der Waals surface area contributed by atoms with Crippen LogP contribution in [0, 0.1) is 17.8 Å². The molecular formula is C17H24N2OS. The molecule has 2 heterocycles. The van der Waals surface area contributed by atoms with Gasteiger partial charge in [0.1, 0.15) is 5.01 Å². The summed E-state index contributed by atoms with van der Waals surface area (Å²) in [5.41, 5.74) is 0. The van der Waals surface area contributed by atoms with Gasteiger partial charge in [0.2, 0.25) is 5.91 Å². The van der Waals surface area contributed by atoms with E-state index in [1.807, 2.05) is 11.6 Å². The Balaban J connectivity index is 1.46. The van der Waals surface area contributed by atoms with Crippen molar-refractivity contribution in [2.75, 3.05) is 6.54 Å². The molecule has 2 aliphatic carbocycles. The average Bonchev–Trinajstić information content (AvgIpc) is 3.44. The van der Waals surface area contributed by atoms with Crippen LogP contribution in [0.2, 0.25) is 0 Å². The Kier molecular flexibility index (Phi) is 3.74. The van der Waals surface area contributed by atoms with Gasteiger partial charge in [-0.15, -0.1) is 11.3 Å². The van der Waals surface area contributed by atoms with Crippen LogP contribution in [0.1, 0.15) is 62.4 Å². The summed E-state index contributed by atoms with van der Waals surface area (Å²) in [5.74, 6) is 2.82. The van der Waals surface area contributed by atoms with Crippen molar-refractivity contribution < 1.29 is 4.79 Å². The molecule has 0 aromatic carbocycles. The Bertz CT molecular complexity index is 481. The number of likely N-dealkylation sites (tertiary alicyclic amines) is 1. The van der Waals surface area contributed by atoms with Gasteiger partial charge in [0, 0.05) is 24.5 Å². The summed E-state index contributed by atoms with van der Waals surface area (Å²) < 4.78 is 0. The average molecular weight is 304 g/mol. The number of hydrogen-bond acceptors (Lipinski definition) is 3. The first kappa shape index (κ1) is 13.7.